The quantitative estimate of drug-likeness (QED) is 0.605. The number of benzene rings is 1. The number of hydrogen-bond donors (Lipinski definition) is 1. The van der Waals surface area contributed by atoms with Crippen LogP contribution in [0, 0.1) is 13.8 Å². The summed E-state index contributed by atoms with van der Waals surface area (Å²) in [6.45, 7) is 5.83. The van der Waals surface area contributed by atoms with Gasteiger partial charge in [0.25, 0.3) is 0 Å². The standard InChI is InChI=1S/C18H21N5O2S2/c1-11-13(3)27-17(19-11)20-15(24)10-26-18-22-21-16(23(18)4)12(2)25-14-8-6-5-7-9-14/h5-9,12H,10H2,1-4H3,(H,19,20,24)/t12-/m1/s1. The molecule has 3 aromatic rings. The van der Waals surface area contributed by atoms with Crippen molar-refractivity contribution in [2.24, 2.45) is 7.05 Å². The molecule has 0 aliphatic rings. The van der Waals surface area contributed by atoms with Crippen LogP contribution >= 0.6 is 23.1 Å². The third-order valence-corrected chi connectivity index (χ3v) is 5.90. The predicted molar refractivity (Wildman–Crippen MR) is 107 cm³/mol. The second-order valence-corrected chi connectivity index (χ2v) is 8.12. The molecular weight excluding hydrogens is 382 g/mol. The molecule has 0 fully saturated rings. The molecule has 3 rings (SSSR count). The minimum atomic E-state index is -0.255. The number of carbonyl (C=O) groups is 1. The van der Waals surface area contributed by atoms with Gasteiger partial charge in [0.05, 0.1) is 11.4 Å². The molecule has 1 N–H and O–H groups in total. The van der Waals surface area contributed by atoms with E-state index in [1.807, 2.05) is 62.7 Å². The van der Waals surface area contributed by atoms with Gasteiger partial charge in [-0.3, -0.25) is 4.79 Å². The maximum Gasteiger partial charge on any atom is 0.236 e. The van der Waals surface area contributed by atoms with Crippen LogP contribution < -0.4 is 10.1 Å². The summed E-state index contributed by atoms with van der Waals surface area (Å²) in [5.74, 6) is 1.59. The molecule has 142 valence electrons. The third-order valence-electron chi connectivity index (χ3n) is 3.90. The van der Waals surface area contributed by atoms with Crippen molar-refractivity contribution in [3.8, 4) is 5.75 Å². The highest BCUT2D eigenvalue weighted by molar-refractivity contribution is 7.99. The van der Waals surface area contributed by atoms with Crippen molar-refractivity contribution in [3.63, 3.8) is 0 Å². The number of hydrogen-bond acceptors (Lipinski definition) is 7. The topological polar surface area (TPSA) is 81.9 Å². The van der Waals surface area contributed by atoms with E-state index in [1.54, 1.807) is 0 Å². The first-order valence-electron chi connectivity index (χ1n) is 8.41. The van der Waals surface area contributed by atoms with E-state index < -0.39 is 0 Å². The summed E-state index contributed by atoms with van der Waals surface area (Å²) in [5.41, 5.74) is 0.938. The maximum absolute atomic E-state index is 12.2. The molecule has 0 aliphatic heterocycles. The Balaban J connectivity index is 1.57. The van der Waals surface area contributed by atoms with Crippen molar-refractivity contribution in [1.29, 1.82) is 0 Å². The Kier molecular flexibility index (Phi) is 6.12. The van der Waals surface area contributed by atoms with E-state index in [0.717, 1.165) is 16.3 Å². The number of aryl methyl sites for hydroxylation is 2. The Morgan fingerprint density at radius 1 is 1.30 bits per heavy atom. The largest absolute Gasteiger partial charge is 0.483 e. The fraction of sp³-hybridized carbons (Fsp3) is 0.333. The predicted octanol–water partition coefficient (Wildman–Crippen LogP) is 3.76. The Morgan fingerprint density at radius 3 is 2.70 bits per heavy atom. The molecule has 7 nitrogen and oxygen atoms in total. The number of nitrogens with zero attached hydrogens (tertiary/aromatic N) is 4. The van der Waals surface area contributed by atoms with Crippen LogP contribution in [0.1, 0.15) is 29.4 Å². The smallest absolute Gasteiger partial charge is 0.236 e. The first kappa shape index (κ1) is 19.4. The first-order chi connectivity index (χ1) is 12.9. The minimum absolute atomic E-state index is 0.119. The van der Waals surface area contributed by atoms with E-state index >= 15 is 0 Å². The molecule has 2 heterocycles. The van der Waals surface area contributed by atoms with Crippen LogP contribution in [0.2, 0.25) is 0 Å². The molecule has 2 aromatic heterocycles. The highest BCUT2D eigenvalue weighted by atomic mass is 32.2. The summed E-state index contributed by atoms with van der Waals surface area (Å²) in [6.07, 6.45) is -0.255. The summed E-state index contributed by atoms with van der Waals surface area (Å²) in [5, 5.41) is 12.5. The van der Waals surface area contributed by atoms with E-state index in [1.165, 1.54) is 23.1 Å². The Labute approximate surface area is 166 Å². The number of nitrogens with one attached hydrogen (secondary N) is 1. The van der Waals surface area contributed by atoms with Gasteiger partial charge in [-0.1, -0.05) is 30.0 Å². The Bertz CT molecular complexity index is 904. The monoisotopic (exact) mass is 403 g/mol. The summed E-state index contributed by atoms with van der Waals surface area (Å²) in [6, 6.07) is 9.58. The van der Waals surface area contributed by atoms with E-state index in [2.05, 4.69) is 20.5 Å². The number of carbonyl (C=O) groups excluding carboxylic acids is 1. The lowest BCUT2D eigenvalue weighted by atomic mass is 10.3. The number of thiazole rings is 1. The second-order valence-electron chi connectivity index (χ2n) is 5.97. The zero-order valence-corrected chi connectivity index (χ0v) is 17.2. The van der Waals surface area contributed by atoms with Gasteiger partial charge in [-0.15, -0.1) is 21.5 Å². The van der Waals surface area contributed by atoms with Gasteiger partial charge in [-0.05, 0) is 32.9 Å². The van der Waals surface area contributed by atoms with Crippen molar-refractivity contribution < 1.29 is 9.53 Å². The molecule has 27 heavy (non-hydrogen) atoms. The number of anilines is 1. The highest BCUT2D eigenvalue weighted by Crippen LogP contribution is 2.24. The van der Waals surface area contributed by atoms with Gasteiger partial charge >= 0.3 is 0 Å². The van der Waals surface area contributed by atoms with Crippen LogP contribution in [-0.2, 0) is 11.8 Å². The van der Waals surface area contributed by atoms with E-state index in [9.17, 15) is 4.79 Å². The lowest BCUT2D eigenvalue weighted by Gasteiger charge is -2.14. The van der Waals surface area contributed by atoms with Gasteiger partial charge in [0.1, 0.15) is 5.75 Å². The van der Waals surface area contributed by atoms with Crippen molar-refractivity contribution >= 4 is 34.1 Å². The SMILES string of the molecule is Cc1nc(NC(=O)CSc2nnc([C@@H](C)Oc3ccccc3)n2C)sc1C. The highest BCUT2D eigenvalue weighted by Gasteiger charge is 2.18. The number of ether oxygens (including phenoxy) is 1. The lowest BCUT2D eigenvalue weighted by Crippen LogP contribution is -2.14. The van der Waals surface area contributed by atoms with Crippen LogP contribution in [0.4, 0.5) is 5.13 Å². The fourth-order valence-electron chi connectivity index (χ4n) is 2.37. The van der Waals surface area contributed by atoms with Crippen LogP contribution in [0.3, 0.4) is 0 Å². The van der Waals surface area contributed by atoms with Crippen LogP contribution in [0.15, 0.2) is 35.5 Å². The molecular formula is C18H21N5O2S2. The summed E-state index contributed by atoms with van der Waals surface area (Å²) in [4.78, 5) is 17.6. The fourth-order valence-corrected chi connectivity index (χ4v) is 3.92. The number of rotatable bonds is 7. The Morgan fingerprint density at radius 2 is 2.04 bits per heavy atom. The Hall–Kier alpha value is -2.39. The zero-order valence-electron chi connectivity index (χ0n) is 15.6. The summed E-state index contributed by atoms with van der Waals surface area (Å²) < 4.78 is 7.74. The normalized spacial score (nSPS) is 12.0. The molecule has 0 saturated heterocycles. The molecule has 1 aromatic carbocycles. The minimum Gasteiger partial charge on any atom is -0.483 e. The molecule has 0 bridgehead atoms. The molecule has 1 atom stereocenters. The lowest BCUT2D eigenvalue weighted by molar-refractivity contribution is -0.113. The molecule has 0 unspecified atom stereocenters. The van der Waals surface area contributed by atoms with Gasteiger partial charge in [-0.2, -0.15) is 0 Å². The van der Waals surface area contributed by atoms with E-state index in [-0.39, 0.29) is 17.8 Å². The van der Waals surface area contributed by atoms with Crippen molar-refractivity contribution in [2.45, 2.75) is 32.0 Å². The molecule has 9 heteroatoms. The maximum atomic E-state index is 12.2. The number of amides is 1. The van der Waals surface area contributed by atoms with Gasteiger partial charge in [0.15, 0.2) is 22.2 Å². The van der Waals surface area contributed by atoms with Gasteiger partial charge in [-0.25, -0.2) is 4.98 Å². The van der Waals surface area contributed by atoms with E-state index in [0.29, 0.717) is 16.1 Å². The number of para-hydroxylation sites is 1. The average molecular weight is 404 g/mol. The number of thioether (sulfide) groups is 1. The summed E-state index contributed by atoms with van der Waals surface area (Å²) >= 11 is 2.80. The van der Waals surface area contributed by atoms with E-state index in [4.69, 9.17) is 4.74 Å². The van der Waals surface area contributed by atoms with Crippen LogP contribution in [0.5, 0.6) is 5.75 Å². The summed E-state index contributed by atoms with van der Waals surface area (Å²) in [7, 11) is 1.87. The second kappa shape index (κ2) is 8.53. The first-order valence-corrected chi connectivity index (χ1v) is 10.2. The molecule has 1 amide bonds. The third kappa shape index (κ3) is 4.86. The molecule has 0 spiro atoms. The average Bonchev–Trinajstić information content (AvgIpc) is 3.16. The van der Waals surface area contributed by atoms with Crippen LogP contribution in [-0.4, -0.2) is 31.4 Å². The van der Waals surface area contributed by atoms with Gasteiger partial charge in [0.2, 0.25) is 5.91 Å². The van der Waals surface area contributed by atoms with Crippen molar-refractivity contribution in [2.75, 3.05) is 11.1 Å². The zero-order chi connectivity index (χ0) is 19.4. The molecule has 0 saturated carbocycles. The van der Waals surface area contributed by atoms with Crippen molar-refractivity contribution in [3.05, 3.63) is 46.7 Å². The molecule has 0 aliphatic carbocycles. The van der Waals surface area contributed by atoms with Crippen molar-refractivity contribution in [1.82, 2.24) is 19.7 Å². The van der Waals surface area contributed by atoms with Gasteiger partial charge in [0, 0.05) is 11.9 Å². The molecule has 0 radical (unpaired) electrons. The van der Waals surface area contributed by atoms with Crippen LogP contribution in [0.25, 0.3) is 0 Å². The van der Waals surface area contributed by atoms with Gasteiger partial charge < -0.3 is 14.6 Å². The number of aromatic nitrogens is 4.